The van der Waals surface area contributed by atoms with Crippen LogP contribution in [0.15, 0.2) is 30.3 Å². The van der Waals surface area contributed by atoms with E-state index in [-0.39, 0.29) is 24.4 Å². The van der Waals surface area contributed by atoms with E-state index in [0.29, 0.717) is 32.2 Å². The van der Waals surface area contributed by atoms with Gasteiger partial charge in [0.2, 0.25) is 5.91 Å². The number of ether oxygens (including phenoxy) is 1. The van der Waals surface area contributed by atoms with Crippen LogP contribution in [0.1, 0.15) is 31.7 Å². The van der Waals surface area contributed by atoms with E-state index in [0.717, 1.165) is 5.56 Å². The van der Waals surface area contributed by atoms with Crippen molar-refractivity contribution in [3.63, 3.8) is 0 Å². The van der Waals surface area contributed by atoms with Crippen molar-refractivity contribution in [3.05, 3.63) is 35.9 Å². The van der Waals surface area contributed by atoms with Crippen LogP contribution in [0, 0.1) is 5.92 Å². The van der Waals surface area contributed by atoms with Gasteiger partial charge in [0, 0.05) is 6.54 Å². The molecule has 1 aromatic carbocycles. The zero-order valence-electron chi connectivity index (χ0n) is 15.5. The van der Waals surface area contributed by atoms with Gasteiger partial charge in [0.1, 0.15) is 12.1 Å². The number of hydrogen-bond donors (Lipinski definition) is 2. The Labute approximate surface area is 158 Å². The van der Waals surface area contributed by atoms with Gasteiger partial charge in [0.15, 0.2) is 0 Å². The van der Waals surface area contributed by atoms with E-state index in [4.69, 9.17) is 4.74 Å². The molecule has 3 rings (SSSR count). The number of carboxylic acid groups (broad SMARTS) is 1. The molecule has 2 aliphatic rings. The zero-order valence-corrected chi connectivity index (χ0v) is 15.5. The number of nitrogens with one attached hydrogen (secondary N) is 1. The van der Waals surface area contributed by atoms with Gasteiger partial charge in [-0.05, 0) is 44.1 Å². The smallest absolute Gasteiger partial charge is 0.326 e. The van der Waals surface area contributed by atoms with Crippen LogP contribution in [-0.4, -0.2) is 59.1 Å². The highest BCUT2D eigenvalue weighted by atomic mass is 16.5. The molecule has 2 fully saturated rings. The first-order valence-electron chi connectivity index (χ1n) is 9.51. The van der Waals surface area contributed by atoms with E-state index in [1.807, 2.05) is 30.3 Å². The molecule has 2 heterocycles. The molecule has 0 aromatic heterocycles. The van der Waals surface area contributed by atoms with E-state index in [1.165, 1.54) is 4.90 Å². The highest BCUT2D eigenvalue weighted by molar-refractivity contribution is 5.89. The summed E-state index contributed by atoms with van der Waals surface area (Å²) >= 11 is 0. The lowest BCUT2D eigenvalue weighted by Crippen LogP contribution is -2.50. The van der Waals surface area contributed by atoms with Crippen molar-refractivity contribution in [2.24, 2.45) is 5.92 Å². The molecule has 2 N–H and O–H groups in total. The fourth-order valence-corrected chi connectivity index (χ4v) is 4.13. The largest absolute Gasteiger partial charge is 0.480 e. The first-order chi connectivity index (χ1) is 13.0. The summed E-state index contributed by atoms with van der Waals surface area (Å²) in [7, 11) is 0. The highest BCUT2D eigenvalue weighted by Gasteiger charge is 2.45. The minimum absolute atomic E-state index is 0.0775. The lowest BCUT2D eigenvalue weighted by molar-refractivity contribution is -0.149. The van der Waals surface area contributed by atoms with E-state index >= 15 is 0 Å². The molecule has 1 aromatic rings. The van der Waals surface area contributed by atoms with Crippen molar-refractivity contribution >= 4 is 17.8 Å². The lowest BCUT2D eigenvalue weighted by Gasteiger charge is -2.25. The number of aliphatic carboxylic acids is 1. The molecule has 7 nitrogen and oxygen atoms in total. The number of nitrogens with zero attached hydrogens (tertiary/aromatic N) is 1. The molecule has 2 aliphatic heterocycles. The van der Waals surface area contributed by atoms with Crippen molar-refractivity contribution in [2.45, 2.75) is 50.7 Å². The summed E-state index contributed by atoms with van der Waals surface area (Å²) in [6.45, 7) is 2.48. The molecule has 1 unspecified atom stereocenters. The second-order valence-electron chi connectivity index (χ2n) is 7.16. The van der Waals surface area contributed by atoms with Gasteiger partial charge < -0.3 is 14.7 Å². The minimum atomic E-state index is -0.971. The van der Waals surface area contributed by atoms with Crippen LogP contribution in [0.25, 0.3) is 0 Å². The number of carboxylic acids is 1. The summed E-state index contributed by atoms with van der Waals surface area (Å²) in [6, 6.07) is 7.93. The molecule has 0 bridgehead atoms. The van der Waals surface area contributed by atoms with Crippen molar-refractivity contribution < 1.29 is 24.2 Å². The molecule has 1 amide bonds. The summed E-state index contributed by atoms with van der Waals surface area (Å²) < 4.78 is 5.19. The van der Waals surface area contributed by atoms with E-state index in [9.17, 15) is 19.5 Å². The summed E-state index contributed by atoms with van der Waals surface area (Å²) in [4.78, 5) is 38.2. The quantitative estimate of drug-likeness (QED) is 0.727. The molecule has 0 radical (unpaired) electrons. The molecular weight excluding hydrogens is 348 g/mol. The first kappa shape index (κ1) is 19.4. The standard InChI is InChI=1S/C20H26N2O5/c1-2-27-20(26)17-14(11-13-7-4-3-5-8-13)12-15(21-17)18(23)22-10-6-9-16(22)19(24)25/h3-5,7-8,14-17,21H,2,6,9-12H2,1H3,(H,24,25)/t14-,15-,16?,17-/m0/s1. The van der Waals surface area contributed by atoms with E-state index in [2.05, 4.69) is 5.32 Å². The number of esters is 1. The van der Waals surface area contributed by atoms with Gasteiger partial charge in [0.05, 0.1) is 12.6 Å². The Morgan fingerprint density at radius 2 is 2.00 bits per heavy atom. The number of likely N-dealkylation sites (tertiary alicyclic amines) is 1. The minimum Gasteiger partial charge on any atom is -0.480 e. The van der Waals surface area contributed by atoms with Gasteiger partial charge in [-0.3, -0.25) is 14.9 Å². The molecular formula is C20H26N2O5. The van der Waals surface area contributed by atoms with Crippen LogP contribution < -0.4 is 5.32 Å². The van der Waals surface area contributed by atoms with Crippen LogP contribution in [0.3, 0.4) is 0 Å². The zero-order chi connectivity index (χ0) is 19.4. The van der Waals surface area contributed by atoms with Gasteiger partial charge in [0.25, 0.3) is 0 Å². The Kier molecular flexibility index (Phi) is 6.11. The summed E-state index contributed by atoms with van der Waals surface area (Å²) in [5.41, 5.74) is 1.09. The Bertz CT molecular complexity index is 693. The second kappa shape index (κ2) is 8.52. The monoisotopic (exact) mass is 374 g/mol. The van der Waals surface area contributed by atoms with Crippen LogP contribution >= 0.6 is 0 Å². The number of rotatable bonds is 6. The maximum atomic E-state index is 12.9. The average molecular weight is 374 g/mol. The molecule has 27 heavy (non-hydrogen) atoms. The molecule has 0 aliphatic carbocycles. The molecule has 4 atom stereocenters. The third-order valence-corrected chi connectivity index (χ3v) is 5.39. The summed E-state index contributed by atoms with van der Waals surface area (Å²) in [5.74, 6) is -1.64. The maximum Gasteiger partial charge on any atom is 0.326 e. The van der Waals surface area contributed by atoms with Crippen molar-refractivity contribution in [1.29, 1.82) is 0 Å². The summed E-state index contributed by atoms with van der Waals surface area (Å²) in [5, 5.41) is 12.5. The van der Waals surface area contributed by atoms with Crippen LogP contribution in [0.5, 0.6) is 0 Å². The Morgan fingerprint density at radius 3 is 2.67 bits per heavy atom. The lowest BCUT2D eigenvalue weighted by atomic mass is 9.91. The van der Waals surface area contributed by atoms with Crippen molar-refractivity contribution in [2.75, 3.05) is 13.2 Å². The van der Waals surface area contributed by atoms with Crippen molar-refractivity contribution in [1.82, 2.24) is 10.2 Å². The Hall–Kier alpha value is -2.41. The van der Waals surface area contributed by atoms with Gasteiger partial charge in [-0.15, -0.1) is 0 Å². The molecule has 0 saturated carbocycles. The fourth-order valence-electron chi connectivity index (χ4n) is 4.13. The molecule has 0 spiro atoms. The van der Waals surface area contributed by atoms with Crippen LogP contribution in [-0.2, 0) is 25.5 Å². The van der Waals surface area contributed by atoms with Gasteiger partial charge >= 0.3 is 11.9 Å². The average Bonchev–Trinajstić information content (AvgIpc) is 3.29. The number of benzene rings is 1. The summed E-state index contributed by atoms with van der Waals surface area (Å²) in [6.07, 6.45) is 2.30. The number of hydrogen-bond acceptors (Lipinski definition) is 5. The first-order valence-corrected chi connectivity index (χ1v) is 9.51. The van der Waals surface area contributed by atoms with Gasteiger partial charge in [-0.1, -0.05) is 30.3 Å². The Morgan fingerprint density at radius 1 is 1.26 bits per heavy atom. The van der Waals surface area contributed by atoms with E-state index < -0.39 is 24.1 Å². The van der Waals surface area contributed by atoms with E-state index in [1.54, 1.807) is 6.92 Å². The van der Waals surface area contributed by atoms with Crippen LogP contribution in [0.2, 0.25) is 0 Å². The van der Waals surface area contributed by atoms with Crippen molar-refractivity contribution in [3.8, 4) is 0 Å². The molecule has 7 heteroatoms. The normalized spacial score (nSPS) is 27.5. The molecule has 2 saturated heterocycles. The van der Waals surface area contributed by atoms with Gasteiger partial charge in [-0.25, -0.2) is 4.79 Å². The predicted octanol–water partition coefficient (Wildman–Crippen LogP) is 1.21. The molecule has 146 valence electrons. The second-order valence-corrected chi connectivity index (χ2v) is 7.16. The number of carbonyl (C=O) groups is 3. The SMILES string of the molecule is CCOC(=O)[C@H]1N[C@H](C(=O)N2CCCC2C(=O)O)C[C@@H]1Cc1ccccc1. The number of amides is 1. The topological polar surface area (TPSA) is 95.9 Å². The number of carbonyl (C=O) groups excluding carboxylic acids is 2. The third-order valence-electron chi connectivity index (χ3n) is 5.39. The fraction of sp³-hybridized carbons (Fsp3) is 0.550. The van der Waals surface area contributed by atoms with Gasteiger partial charge in [-0.2, -0.15) is 0 Å². The van der Waals surface area contributed by atoms with Crippen LogP contribution in [0.4, 0.5) is 0 Å². The maximum absolute atomic E-state index is 12.9. The third kappa shape index (κ3) is 4.30. The predicted molar refractivity (Wildman–Crippen MR) is 98.0 cm³/mol. The Balaban J connectivity index is 1.74. The highest BCUT2D eigenvalue weighted by Crippen LogP contribution is 2.29.